The minimum absolute atomic E-state index is 0.708. The van der Waals surface area contributed by atoms with Gasteiger partial charge in [-0.1, -0.05) is 11.3 Å². The predicted octanol–water partition coefficient (Wildman–Crippen LogP) is 2.93. The number of nitrogens with one attached hydrogen (secondary N) is 1. The summed E-state index contributed by atoms with van der Waals surface area (Å²) in [4.78, 5) is 21.4. The maximum absolute atomic E-state index is 5.42. The molecule has 0 bridgehead atoms. The Balaban J connectivity index is 1.75. The first-order valence-corrected chi connectivity index (χ1v) is 9.48. The zero-order chi connectivity index (χ0) is 17.8. The van der Waals surface area contributed by atoms with Crippen molar-refractivity contribution in [3.63, 3.8) is 0 Å². The lowest BCUT2D eigenvalue weighted by Crippen LogP contribution is -2.37. The smallest absolute Gasteiger partial charge is 0.226 e. The maximum Gasteiger partial charge on any atom is 0.226 e. The molecule has 0 aromatic carbocycles. The first-order valence-electron chi connectivity index (χ1n) is 8.66. The molecule has 8 heteroatoms. The Kier molecular flexibility index (Phi) is 5.03. The summed E-state index contributed by atoms with van der Waals surface area (Å²) in [6.07, 6.45) is 5.41. The molecule has 0 amide bonds. The monoisotopic (exact) mass is 368 g/mol. The number of pyridine rings is 1. The Morgan fingerprint density at radius 3 is 2.85 bits per heavy atom. The van der Waals surface area contributed by atoms with E-state index in [2.05, 4.69) is 27.1 Å². The fourth-order valence-corrected chi connectivity index (χ4v) is 3.83. The zero-order valence-electron chi connectivity index (χ0n) is 14.6. The predicted molar refractivity (Wildman–Crippen MR) is 104 cm³/mol. The quantitative estimate of drug-likeness (QED) is 0.742. The number of hydrogen-bond acceptors (Lipinski definition) is 8. The molecule has 0 saturated carbocycles. The molecule has 4 rings (SSSR count). The van der Waals surface area contributed by atoms with Crippen LogP contribution >= 0.6 is 11.3 Å². The Labute approximate surface area is 156 Å². The van der Waals surface area contributed by atoms with Gasteiger partial charge in [-0.2, -0.15) is 0 Å². The van der Waals surface area contributed by atoms with Crippen LogP contribution in [0.3, 0.4) is 0 Å². The standard InChI is InChI=1S/C18H20N6OS/c1-2-20-18-23-15(13-4-3-6-19-12-13)16(26-18)14-5-7-21-17(22-14)24-8-10-25-11-9-24/h3-7,12H,2,8-11H2,1H3,(H,20,23). The highest BCUT2D eigenvalue weighted by Gasteiger charge is 2.19. The van der Waals surface area contributed by atoms with Gasteiger partial charge in [-0.3, -0.25) is 4.98 Å². The van der Waals surface area contributed by atoms with E-state index in [1.54, 1.807) is 17.5 Å². The van der Waals surface area contributed by atoms with Crippen molar-refractivity contribution in [3.05, 3.63) is 36.8 Å². The normalized spacial score (nSPS) is 14.4. The molecule has 0 spiro atoms. The summed E-state index contributed by atoms with van der Waals surface area (Å²) in [5.74, 6) is 0.737. The number of rotatable bonds is 5. The van der Waals surface area contributed by atoms with Crippen molar-refractivity contribution in [2.45, 2.75) is 6.92 Å². The fourth-order valence-electron chi connectivity index (χ4n) is 2.81. The molecule has 1 fully saturated rings. The molecule has 26 heavy (non-hydrogen) atoms. The van der Waals surface area contributed by atoms with E-state index in [4.69, 9.17) is 14.7 Å². The maximum atomic E-state index is 5.42. The van der Waals surface area contributed by atoms with Gasteiger partial charge in [-0.15, -0.1) is 0 Å². The SMILES string of the molecule is CCNc1nc(-c2cccnc2)c(-c2ccnc(N3CCOCC3)n2)s1. The minimum atomic E-state index is 0.708. The van der Waals surface area contributed by atoms with Crippen LogP contribution in [0.15, 0.2) is 36.8 Å². The van der Waals surface area contributed by atoms with Crippen LogP contribution in [-0.4, -0.2) is 52.8 Å². The highest BCUT2D eigenvalue weighted by molar-refractivity contribution is 7.19. The van der Waals surface area contributed by atoms with E-state index in [0.717, 1.165) is 52.5 Å². The molecule has 0 atom stereocenters. The van der Waals surface area contributed by atoms with Crippen molar-refractivity contribution >= 4 is 22.4 Å². The van der Waals surface area contributed by atoms with Crippen LogP contribution in [0.1, 0.15) is 6.92 Å². The molecule has 3 aromatic heterocycles. The van der Waals surface area contributed by atoms with Gasteiger partial charge in [0.15, 0.2) is 5.13 Å². The van der Waals surface area contributed by atoms with Crippen LogP contribution in [0.4, 0.5) is 11.1 Å². The molecule has 0 unspecified atom stereocenters. The topological polar surface area (TPSA) is 76.1 Å². The molecule has 7 nitrogen and oxygen atoms in total. The summed E-state index contributed by atoms with van der Waals surface area (Å²) in [7, 11) is 0. The van der Waals surface area contributed by atoms with Crippen LogP contribution in [0, 0.1) is 0 Å². The van der Waals surface area contributed by atoms with E-state index < -0.39 is 0 Å². The second-order valence-corrected chi connectivity index (χ2v) is 6.81. The summed E-state index contributed by atoms with van der Waals surface area (Å²) in [5, 5.41) is 4.18. The summed E-state index contributed by atoms with van der Waals surface area (Å²) >= 11 is 1.60. The summed E-state index contributed by atoms with van der Waals surface area (Å²) in [5.41, 5.74) is 2.75. The van der Waals surface area contributed by atoms with E-state index >= 15 is 0 Å². The average molecular weight is 368 g/mol. The van der Waals surface area contributed by atoms with Gasteiger partial charge in [0, 0.05) is 43.8 Å². The Bertz CT molecular complexity index is 863. The van der Waals surface area contributed by atoms with Gasteiger partial charge in [0.1, 0.15) is 0 Å². The van der Waals surface area contributed by atoms with Crippen molar-refractivity contribution in [1.29, 1.82) is 0 Å². The minimum Gasteiger partial charge on any atom is -0.378 e. The first kappa shape index (κ1) is 16.9. The van der Waals surface area contributed by atoms with Gasteiger partial charge >= 0.3 is 0 Å². The highest BCUT2D eigenvalue weighted by atomic mass is 32.1. The Morgan fingerprint density at radius 1 is 1.19 bits per heavy atom. The Hall–Kier alpha value is -2.58. The van der Waals surface area contributed by atoms with Crippen LogP contribution in [-0.2, 0) is 4.74 Å². The molecular formula is C18H20N6OS. The molecule has 3 aromatic rings. The van der Waals surface area contributed by atoms with E-state index in [9.17, 15) is 0 Å². The van der Waals surface area contributed by atoms with Gasteiger partial charge in [-0.25, -0.2) is 15.0 Å². The molecule has 134 valence electrons. The third-order valence-electron chi connectivity index (χ3n) is 4.06. The van der Waals surface area contributed by atoms with Gasteiger partial charge in [0.05, 0.1) is 29.5 Å². The largest absolute Gasteiger partial charge is 0.378 e. The molecule has 1 saturated heterocycles. The third-order valence-corrected chi connectivity index (χ3v) is 5.10. The summed E-state index contributed by atoms with van der Waals surface area (Å²) < 4.78 is 5.42. The van der Waals surface area contributed by atoms with E-state index in [1.165, 1.54) is 0 Å². The van der Waals surface area contributed by atoms with Crippen LogP contribution in [0.25, 0.3) is 21.8 Å². The Morgan fingerprint density at radius 2 is 2.08 bits per heavy atom. The van der Waals surface area contributed by atoms with E-state index in [0.29, 0.717) is 13.2 Å². The van der Waals surface area contributed by atoms with E-state index in [1.807, 2.05) is 30.6 Å². The van der Waals surface area contributed by atoms with Gasteiger partial charge in [-0.05, 0) is 25.1 Å². The second-order valence-electron chi connectivity index (χ2n) is 5.81. The molecule has 4 heterocycles. The van der Waals surface area contributed by atoms with Crippen LogP contribution in [0.5, 0.6) is 0 Å². The second kappa shape index (κ2) is 7.76. The van der Waals surface area contributed by atoms with Crippen molar-refractivity contribution in [1.82, 2.24) is 19.9 Å². The van der Waals surface area contributed by atoms with Crippen molar-refractivity contribution in [2.24, 2.45) is 0 Å². The van der Waals surface area contributed by atoms with Gasteiger partial charge in [0.25, 0.3) is 0 Å². The number of hydrogen-bond donors (Lipinski definition) is 1. The van der Waals surface area contributed by atoms with Gasteiger partial charge < -0.3 is 15.0 Å². The lowest BCUT2D eigenvalue weighted by molar-refractivity contribution is 0.122. The molecule has 0 aliphatic carbocycles. The average Bonchev–Trinajstić information content (AvgIpc) is 3.14. The number of ether oxygens (including phenoxy) is 1. The lowest BCUT2D eigenvalue weighted by Gasteiger charge is -2.26. The number of aromatic nitrogens is 4. The third kappa shape index (κ3) is 3.51. The number of anilines is 2. The lowest BCUT2D eigenvalue weighted by atomic mass is 10.1. The zero-order valence-corrected chi connectivity index (χ0v) is 15.4. The van der Waals surface area contributed by atoms with Gasteiger partial charge in [0.2, 0.25) is 5.95 Å². The molecule has 0 radical (unpaired) electrons. The number of morpholine rings is 1. The molecule has 1 N–H and O–H groups in total. The first-order chi connectivity index (χ1) is 12.8. The van der Waals surface area contributed by atoms with Crippen molar-refractivity contribution in [3.8, 4) is 21.8 Å². The summed E-state index contributed by atoms with van der Waals surface area (Å²) in [6, 6.07) is 5.88. The fraction of sp³-hybridized carbons (Fsp3) is 0.333. The summed E-state index contributed by atoms with van der Waals surface area (Å²) in [6.45, 7) is 5.92. The number of nitrogens with zero attached hydrogens (tertiary/aromatic N) is 5. The number of thiazole rings is 1. The molecular weight excluding hydrogens is 348 g/mol. The highest BCUT2D eigenvalue weighted by Crippen LogP contribution is 2.38. The van der Waals surface area contributed by atoms with Crippen LogP contribution < -0.4 is 10.2 Å². The molecule has 1 aliphatic rings. The van der Waals surface area contributed by atoms with Crippen molar-refractivity contribution < 1.29 is 4.74 Å². The van der Waals surface area contributed by atoms with Crippen molar-refractivity contribution in [2.75, 3.05) is 43.1 Å². The molecule has 1 aliphatic heterocycles. The van der Waals surface area contributed by atoms with E-state index in [-0.39, 0.29) is 0 Å². The van der Waals surface area contributed by atoms with Crippen LogP contribution in [0.2, 0.25) is 0 Å².